The predicted octanol–water partition coefficient (Wildman–Crippen LogP) is 6.89. The minimum atomic E-state index is -3.33. The van der Waals surface area contributed by atoms with Crippen molar-refractivity contribution in [3.8, 4) is 5.75 Å². The minimum absolute atomic E-state index is 0.0198. The van der Waals surface area contributed by atoms with Crippen molar-refractivity contribution in [3.05, 3.63) is 70.3 Å². The number of nitrogens with zero attached hydrogens (tertiary/aromatic N) is 2. The zero-order chi connectivity index (χ0) is 32.5. The van der Waals surface area contributed by atoms with Crippen molar-refractivity contribution in [1.82, 2.24) is 4.72 Å². The molecule has 6 rings (SSSR count). The van der Waals surface area contributed by atoms with Gasteiger partial charge in [0.1, 0.15) is 15.7 Å². The number of ether oxygens (including phenoxy) is 2. The van der Waals surface area contributed by atoms with Gasteiger partial charge in [0.15, 0.2) is 0 Å². The average Bonchev–Trinajstić information content (AvgIpc) is 3.14. The summed E-state index contributed by atoms with van der Waals surface area (Å²) in [7, 11) is -1.57. The summed E-state index contributed by atoms with van der Waals surface area (Å²) >= 11 is 6.43. The molecule has 2 aromatic rings. The Hall–Kier alpha value is -2.88. The SMILES string of the molecule is CO[C@H]1/C=C/CCCS(=O)(NC(=O)CC(C)C)=NC(=O)c2ccc3c(c2)N(C[C@@H]2CC[C@H]21)C[C@@]1(CCCc2cc(Cl)ccc21)CO3. The van der Waals surface area contributed by atoms with Crippen LogP contribution in [0.15, 0.2) is 52.9 Å². The third-order valence-electron chi connectivity index (χ3n) is 10.1. The van der Waals surface area contributed by atoms with Gasteiger partial charge in [-0.15, -0.1) is 4.36 Å². The van der Waals surface area contributed by atoms with Crippen molar-refractivity contribution >= 4 is 39.0 Å². The Morgan fingerprint density at radius 3 is 2.83 bits per heavy atom. The van der Waals surface area contributed by atoms with E-state index in [1.54, 1.807) is 13.2 Å². The van der Waals surface area contributed by atoms with Gasteiger partial charge in [0, 0.05) is 42.6 Å². The fraction of sp³-hybridized carbons (Fsp3) is 0.556. The number of allylic oxidation sites excluding steroid dienone is 1. The lowest BCUT2D eigenvalue weighted by atomic mass is 9.68. The van der Waals surface area contributed by atoms with Gasteiger partial charge in [0.05, 0.1) is 24.2 Å². The molecule has 0 saturated heterocycles. The van der Waals surface area contributed by atoms with E-state index in [9.17, 15) is 13.8 Å². The second-order valence-corrected chi connectivity index (χ2v) is 16.4. The topological polar surface area (TPSA) is 97.3 Å². The van der Waals surface area contributed by atoms with Crippen LogP contribution in [0.25, 0.3) is 0 Å². The first-order valence-electron chi connectivity index (χ1n) is 16.7. The van der Waals surface area contributed by atoms with Crippen LogP contribution in [0.1, 0.15) is 80.3 Å². The van der Waals surface area contributed by atoms with Gasteiger partial charge in [-0.3, -0.25) is 14.3 Å². The summed E-state index contributed by atoms with van der Waals surface area (Å²) in [5, 5.41) is 0.749. The van der Waals surface area contributed by atoms with Crippen LogP contribution in [-0.4, -0.2) is 54.7 Å². The summed E-state index contributed by atoms with van der Waals surface area (Å²) in [6.07, 6.45) is 10.8. The highest BCUT2D eigenvalue weighted by atomic mass is 35.5. The molecule has 0 radical (unpaired) electrons. The van der Waals surface area contributed by atoms with E-state index < -0.39 is 15.8 Å². The Labute approximate surface area is 278 Å². The molecular weight excluding hydrogens is 622 g/mol. The Bertz CT molecular complexity index is 1630. The molecule has 2 aromatic carbocycles. The zero-order valence-electron chi connectivity index (χ0n) is 27.1. The van der Waals surface area contributed by atoms with E-state index in [1.807, 2.05) is 32.0 Å². The Balaban J connectivity index is 1.42. The van der Waals surface area contributed by atoms with Crippen LogP contribution in [0.3, 0.4) is 0 Å². The van der Waals surface area contributed by atoms with E-state index >= 15 is 0 Å². The number of aryl methyl sites for hydroxylation is 1. The first-order valence-corrected chi connectivity index (χ1v) is 18.7. The fourth-order valence-electron chi connectivity index (χ4n) is 7.70. The van der Waals surface area contributed by atoms with Crippen molar-refractivity contribution < 1.29 is 23.3 Å². The third-order valence-corrected chi connectivity index (χ3v) is 12.2. The van der Waals surface area contributed by atoms with Gasteiger partial charge in [-0.1, -0.05) is 43.7 Å². The molecule has 10 heteroatoms. The van der Waals surface area contributed by atoms with E-state index in [2.05, 4.69) is 38.3 Å². The molecule has 8 nitrogen and oxygen atoms in total. The number of fused-ring (bicyclic) bond motifs is 4. The highest BCUT2D eigenvalue weighted by molar-refractivity contribution is 7.92. The highest BCUT2D eigenvalue weighted by Crippen LogP contribution is 2.47. The van der Waals surface area contributed by atoms with Gasteiger partial charge in [-0.25, -0.2) is 4.21 Å². The molecule has 1 N–H and O–H groups in total. The van der Waals surface area contributed by atoms with E-state index in [-0.39, 0.29) is 35.5 Å². The van der Waals surface area contributed by atoms with Gasteiger partial charge in [-0.05, 0) is 104 Å². The van der Waals surface area contributed by atoms with Crippen LogP contribution in [-0.2, 0) is 31.3 Å². The summed E-state index contributed by atoms with van der Waals surface area (Å²) in [6.45, 7) is 5.91. The molecule has 1 saturated carbocycles. The summed E-state index contributed by atoms with van der Waals surface area (Å²) in [5.41, 5.74) is 3.50. The van der Waals surface area contributed by atoms with Gasteiger partial charge in [0.25, 0.3) is 5.91 Å². The van der Waals surface area contributed by atoms with Gasteiger partial charge in [-0.2, -0.15) is 0 Å². The Morgan fingerprint density at radius 1 is 1.22 bits per heavy atom. The second kappa shape index (κ2) is 13.7. The molecule has 0 aromatic heterocycles. The molecule has 2 amide bonds. The molecule has 2 bridgehead atoms. The number of carbonyl (C=O) groups is 2. The Morgan fingerprint density at radius 2 is 2.07 bits per heavy atom. The number of benzene rings is 2. The van der Waals surface area contributed by atoms with Crippen LogP contribution in [0, 0.1) is 17.8 Å². The molecule has 2 aliphatic carbocycles. The lowest BCUT2D eigenvalue weighted by molar-refractivity contribution is -0.119. The third kappa shape index (κ3) is 7.02. The van der Waals surface area contributed by atoms with Crippen molar-refractivity contribution in [2.24, 2.45) is 22.1 Å². The maximum atomic E-state index is 14.0. The summed E-state index contributed by atoms with van der Waals surface area (Å²) in [5.74, 6) is 0.715. The van der Waals surface area contributed by atoms with Crippen LogP contribution < -0.4 is 14.4 Å². The summed E-state index contributed by atoms with van der Waals surface area (Å²) in [6, 6.07) is 11.6. The summed E-state index contributed by atoms with van der Waals surface area (Å²) < 4.78 is 33.5. The number of halogens is 1. The largest absolute Gasteiger partial charge is 0.490 e. The average molecular weight is 668 g/mol. The zero-order valence-corrected chi connectivity index (χ0v) is 28.7. The maximum absolute atomic E-state index is 14.0. The van der Waals surface area contributed by atoms with Gasteiger partial charge in [0.2, 0.25) is 5.91 Å². The number of amides is 2. The number of nitrogens with one attached hydrogen (secondary N) is 1. The molecule has 5 atom stereocenters. The van der Waals surface area contributed by atoms with Crippen molar-refractivity contribution in [2.45, 2.75) is 76.7 Å². The Kier molecular flexibility index (Phi) is 9.83. The van der Waals surface area contributed by atoms with Crippen molar-refractivity contribution in [3.63, 3.8) is 0 Å². The van der Waals surface area contributed by atoms with Crippen LogP contribution in [0.2, 0.25) is 5.02 Å². The molecule has 4 aliphatic rings. The van der Waals surface area contributed by atoms with E-state index in [0.29, 0.717) is 36.8 Å². The fourth-order valence-corrected chi connectivity index (χ4v) is 9.51. The number of carbonyl (C=O) groups excluding carboxylic acids is 2. The molecule has 2 aliphatic heterocycles. The number of rotatable bonds is 4. The normalized spacial score (nSPS) is 30.2. The molecule has 1 spiro atoms. The highest BCUT2D eigenvalue weighted by Gasteiger charge is 2.44. The molecule has 248 valence electrons. The molecular formula is C36H46ClN3O5S. The number of anilines is 1. The molecule has 46 heavy (non-hydrogen) atoms. The van der Waals surface area contributed by atoms with E-state index in [1.165, 1.54) is 11.1 Å². The lowest BCUT2D eigenvalue weighted by Crippen LogP contribution is -2.49. The summed E-state index contributed by atoms with van der Waals surface area (Å²) in [4.78, 5) is 28.8. The molecule has 1 unspecified atom stereocenters. The standard InChI is InChI=1S/C36H46ClN3O5S/c1-24(2)18-34(41)38-46(43)17-6-4-5-9-32(44-3)29-13-10-27(29)21-40-22-36(16-7-8-25-19-28(37)12-14-30(25)36)23-45-33-15-11-26(20-31(33)40)35(42)39-46/h5,9,11-12,14-15,19-20,24,27,29,32H,4,6-8,10,13,16-18,21-23H2,1-3H3,(H,38,39,41,42,43)/b9-5+/t27-,29+,32-,36-,46?/m0/s1. The molecule has 1 fully saturated rings. The van der Waals surface area contributed by atoms with Gasteiger partial charge >= 0.3 is 0 Å². The number of hydrogen-bond donors (Lipinski definition) is 1. The first kappa shape index (κ1) is 33.0. The maximum Gasteiger partial charge on any atom is 0.286 e. The predicted molar refractivity (Wildman–Crippen MR) is 183 cm³/mol. The monoisotopic (exact) mass is 667 g/mol. The van der Waals surface area contributed by atoms with Crippen LogP contribution >= 0.6 is 11.6 Å². The van der Waals surface area contributed by atoms with Crippen molar-refractivity contribution in [1.29, 1.82) is 0 Å². The first-order chi connectivity index (χ1) is 22.1. The number of methoxy groups -OCH3 is 1. The van der Waals surface area contributed by atoms with Crippen LogP contribution in [0.5, 0.6) is 5.75 Å². The van der Waals surface area contributed by atoms with E-state index in [4.69, 9.17) is 21.1 Å². The minimum Gasteiger partial charge on any atom is -0.490 e. The van der Waals surface area contributed by atoms with Gasteiger partial charge < -0.3 is 14.4 Å². The number of hydrogen-bond acceptors (Lipinski definition) is 6. The van der Waals surface area contributed by atoms with E-state index in [0.717, 1.165) is 61.7 Å². The molecule has 2 heterocycles. The van der Waals surface area contributed by atoms with Crippen molar-refractivity contribution in [2.75, 3.05) is 37.5 Å². The quantitative estimate of drug-likeness (QED) is 0.357. The van der Waals surface area contributed by atoms with Crippen LogP contribution in [0.4, 0.5) is 5.69 Å². The second-order valence-electron chi connectivity index (χ2n) is 13.9. The smallest absolute Gasteiger partial charge is 0.286 e. The lowest BCUT2D eigenvalue weighted by Gasteiger charge is -2.46.